The third-order valence-electron chi connectivity index (χ3n) is 2.21. The summed E-state index contributed by atoms with van der Waals surface area (Å²) in [6.07, 6.45) is 0.990. The summed E-state index contributed by atoms with van der Waals surface area (Å²) in [6.45, 7) is 5.92. The lowest BCUT2D eigenvalue weighted by molar-refractivity contribution is -0.138. The van der Waals surface area contributed by atoms with Gasteiger partial charge < -0.3 is 4.74 Å². The summed E-state index contributed by atoms with van der Waals surface area (Å²) >= 11 is 3.40. The summed E-state index contributed by atoms with van der Waals surface area (Å²) in [4.78, 5) is 9.60. The van der Waals surface area contributed by atoms with Crippen LogP contribution in [0.15, 0.2) is 18.2 Å². The number of hydrogen-bond donors (Lipinski definition) is 1. The van der Waals surface area contributed by atoms with Gasteiger partial charge >= 0.3 is 0 Å². The van der Waals surface area contributed by atoms with Gasteiger partial charge in [-0.1, -0.05) is 33.3 Å². The molecule has 1 aromatic heterocycles. The van der Waals surface area contributed by atoms with Crippen LogP contribution >= 0.6 is 15.9 Å². The van der Waals surface area contributed by atoms with Crippen molar-refractivity contribution in [2.45, 2.75) is 32.8 Å². The van der Waals surface area contributed by atoms with E-state index in [0.29, 0.717) is 6.47 Å². The van der Waals surface area contributed by atoms with E-state index in [1.54, 1.807) is 0 Å². The minimum Gasteiger partial charge on any atom is -0.462 e. The van der Waals surface area contributed by atoms with Crippen LogP contribution in [0, 0.1) is 0 Å². The van der Waals surface area contributed by atoms with Crippen molar-refractivity contribution in [1.82, 2.24) is 15.4 Å². The minimum absolute atomic E-state index is 0.318. The zero-order valence-electron chi connectivity index (χ0n) is 11.3. The number of carbonyl (C=O) groups is 1. The molecule has 0 aliphatic carbocycles. The zero-order valence-corrected chi connectivity index (χ0v) is 12.9. The lowest BCUT2D eigenvalue weighted by atomic mass is 10.1. The number of benzene rings is 1. The fourth-order valence-electron chi connectivity index (χ4n) is 1.38. The van der Waals surface area contributed by atoms with Gasteiger partial charge in [-0.2, -0.15) is 0 Å². The number of rotatable bonds is 3. The Morgan fingerprint density at radius 3 is 2.68 bits per heavy atom. The Balaban J connectivity index is 0.000000224. The van der Waals surface area contributed by atoms with Crippen molar-refractivity contribution in [2.24, 2.45) is 0 Å². The fourth-order valence-corrected chi connectivity index (χ4v) is 1.80. The number of hydrogen-bond acceptors (Lipinski definition) is 4. The Kier molecular flexibility index (Phi) is 5.95. The largest absolute Gasteiger partial charge is 0.462 e. The second-order valence-electron chi connectivity index (χ2n) is 4.89. The van der Waals surface area contributed by atoms with E-state index in [-0.39, 0.29) is 5.60 Å². The first-order valence-electron chi connectivity index (χ1n) is 5.94. The van der Waals surface area contributed by atoms with Gasteiger partial charge in [0.15, 0.2) is 0 Å². The van der Waals surface area contributed by atoms with Crippen molar-refractivity contribution >= 4 is 33.4 Å². The number of aromatic amines is 1. The molecule has 0 saturated heterocycles. The van der Waals surface area contributed by atoms with Crippen molar-refractivity contribution < 1.29 is 9.53 Å². The van der Waals surface area contributed by atoms with Gasteiger partial charge in [-0.15, -0.1) is 5.10 Å². The van der Waals surface area contributed by atoms with Gasteiger partial charge in [0, 0.05) is 5.33 Å². The van der Waals surface area contributed by atoms with Crippen LogP contribution in [0.25, 0.3) is 11.0 Å². The smallest absolute Gasteiger partial charge is 0.293 e. The van der Waals surface area contributed by atoms with E-state index in [1.807, 2.05) is 32.9 Å². The van der Waals surface area contributed by atoms with E-state index in [4.69, 9.17) is 0 Å². The first kappa shape index (κ1) is 15.6. The molecule has 104 valence electrons. The van der Waals surface area contributed by atoms with Crippen molar-refractivity contribution in [2.75, 3.05) is 5.33 Å². The van der Waals surface area contributed by atoms with Crippen LogP contribution in [0.1, 0.15) is 26.3 Å². The van der Waals surface area contributed by atoms with Gasteiger partial charge in [0.2, 0.25) is 0 Å². The highest BCUT2D eigenvalue weighted by atomic mass is 79.9. The first-order valence-corrected chi connectivity index (χ1v) is 7.06. The van der Waals surface area contributed by atoms with Crippen molar-refractivity contribution in [3.05, 3.63) is 23.8 Å². The van der Waals surface area contributed by atoms with Gasteiger partial charge in [-0.05, 0) is 38.8 Å². The van der Waals surface area contributed by atoms with E-state index < -0.39 is 0 Å². The van der Waals surface area contributed by atoms with Crippen molar-refractivity contribution in [3.8, 4) is 0 Å². The Bertz CT molecular complexity index is 520. The summed E-state index contributed by atoms with van der Waals surface area (Å²) in [5.41, 5.74) is 2.91. The molecule has 1 N–H and O–H groups in total. The lowest BCUT2D eigenvalue weighted by Gasteiger charge is -2.14. The number of aryl methyl sites for hydroxylation is 1. The van der Waals surface area contributed by atoms with Crippen LogP contribution in [-0.2, 0) is 16.0 Å². The van der Waals surface area contributed by atoms with E-state index >= 15 is 0 Å². The molecule has 1 aromatic carbocycles. The number of fused-ring (bicyclic) bond motifs is 1. The Labute approximate surface area is 120 Å². The molecule has 6 heteroatoms. The van der Waals surface area contributed by atoms with Crippen LogP contribution < -0.4 is 0 Å². The van der Waals surface area contributed by atoms with Crippen molar-refractivity contribution in [3.63, 3.8) is 0 Å². The molecular formula is C13H18BrN3O2. The van der Waals surface area contributed by atoms with Crippen LogP contribution in [0.4, 0.5) is 0 Å². The predicted molar refractivity (Wildman–Crippen MR) is 78.3 cm³/mol. The Morgan fingerprint density at radius 2 is 2.16 bits per heavy atom. The highest BCUT2D eigenvalue weighted by Crippen LogP contribution is 2.14. The Hall–Kier alpha value is -1.43. The third-order valence-corrected chi connectivity index (χ3v) is 2.60. The zero-order chi connectivity index (χ0) is 14.3. The number of nitrogens with one attached hydrogen (secondary N) is 1. The van der Waals surface area contributed by atoms with Crippen LogP contribution in [0.3, 0.4) is 0 Å². The predicted octanol–water partition coefficient (Wildman–Crippen LogP) is 2.85. The average molecular weight is 328 g/mol. The molecule has 0 unspecified atom stereocenters. The summed E-state index contributed by atoms with van der Waals surface area (Å²) in [5.74, 6) is 0. The first-order chi connectivity index (χ1) is 8.98. The normalized spacial score (nSPS) is 10.7. The maximum Gasteiger partial charge on any atom is 0.293 e. The molecule has 0 aliphatic heterocycles. The fraction of sp³-hybridized carbons (Fsp3) is 0.462. The monoisotopic (exact) mass is 327 g/mol. The van der Waals surface area contributed by atoms with Crippen LogP contribution in [0.2, 0.25) is 0 Å². The number of nitrogens with zero attached hydrogens (tertiary/aromatic N) is 2. The molecule has 2 rings (SSSR count). The molecule has 0 amide bonds. The lowest BCUT2D eigenvalue weighted by Crippen LogP contribution is -2.17. The minimum atomic E-state index is -0.318. The third kappa shape index (κ3) is 5.38. The molecule has 0 aliphatic rings. The number of ether oxygens (including phenoxy) is 1. The van der Waals surface area contributed by atoms with Gasteiger partial charge in [0.25, 0.3) is 6.47 Å². The quantitative estimate of drug-likeness (QED) is 0.695. The molecule has 0 radical (unpaired) electrons. The molecule has 5 nitrogen and oxygen atoms in total. The van der Waals surface area contributed by atoms with Gasteiger partial charge in [-0.3, -0.25) is 9.89 Å². The summed E-state index contributed by atoms with van der Waals surface area (Å²) < 4.78 is 4.55. The molecular weight excluding hydrogens is 310 g/mol. The second-order valence-corrected chi connectivity index (χ2v) is 5.68. The molecule has 19 heavy (non-hydrogen) atoms. The molecule has 2 aromatic rings. The van der Waals surface area contributed by atoms with E-state index in [2.05, 4.69) is 42.1 Å². The molecule has 0 fully saturated rings. The summed E-state index contributed by atoms with van der Waals surface area (Å²) in [7, 11) is 0. The molecule has 0 spiro atoms. The number of alkyl halides is 1. The van der Waals surface area contributed by atoms with Gasteiger partial charge in [-0.25, -0.2) is 0 Å². The highest BCUT2D eigenvalue weighted by Gasteiger charge is 2.07. The van der Waals surface area contributed by atoms with E-state index in [1.165, 1.54) is 5.56 Å². The maximum absolute atomic E-state index is 9.60. The standard InChI is InChI=1S/C8H8BrN3.C5H10O2/c9-5-4-6-2-1-3-7-8(6)11-12-10-7;1-5(2,3)7-4-6/h1-3H,4-5H2,(H,10,11,12);4H,1-3H3. The topological polar surface area (TPSA) is 67.9 Å². The SMILES string of the molecule is BrCCc1cccc2[nH]nnc12.CC(C)(C)OC=O. The van der Waals surface area contributed by atoms with Gasteiger partial charge in [0.1, 0.15) is 11.1 Å². The summed E-state index contributed by atoms with van der Waals surface area (Å²) in [6, 6.07) is 6.07. The summed E-state index contributed by atoms with van der Waals surface area (Å²) in [5, 5.41) is 11.6. The van der Waals surface area contributed by atoms with E-state index in [9.17, 15) is 4.79 Å². The number of aromatic nitrogens is 3. The van der Waals surface area contributed by atoms with Crippen molar-refractivity contribution in [1.29, 1.82) is 0 Å². The molecule has 0 bridgehead atoms. The number of halogens is 1. The maximum atomic E-state index is 9.60. The molecule has 0 atom stereocenters. The highest BCUT2D eigenvalue weighted by molar-refractivity contribution is 9.09. The molecule has 1 heterocycles. The van der Waals surface area contributed by atoms with Crippen LogP contribution in [-0.4, -0.2) is 32.8 Å². The average Bonchev–Trinajstić information content (AvgIpc) is 2.77. The van der Waals surface area contributed by atoms with Crippen LogP contribution in [0.5, 0.6) is 0 Å². The number of H-pyrrole nitrogens is 1. The van der Waals surface area contributed by atoms with Gasteiger partial charge in [0.05, 0.1) is 5.52 Å². The molecule has 0 saturated carbocycles. The number of carbonyl (C=O) groups excluding carboxylic acids is 1. The second kappa shape index (κ2) is 7.23. The Morgan fingerprint density at radius 1 is 1.42 bits per heavy atom. The van der Waals surface area contributed by atoms with E-state index in [0.717, 1.165) is 22.8 Å².